The number of hydrogen-bond acceptors (Lipinski definition) is 3. The van der Waals surface area contributed by atoms with Gasteiger partial charge in [0, 0.05) is 12.2 Å². The number of nitrogens with two attached hydrogens (primary N) is 1. The maximum absolute atomic E-state index is 12.1. The van der Waals surface area contributed by atoms with Gasteiger partial charge in [0.2, 0.25) is 11.8 Å². The molecule has 5 nitrogen and oxygen atoms in total. The lowest BCUT2D eigenvalue weighted by molar-refractivity contribution is -0.132. The molecule has 110 valence electrons. The van der Waals surface area contributed by atoms with Gasteiger partial charge in [-0.25, -0.2) is 0 Å². The molecule has 0 heterocycles. The molecular weight excluding hydrogens is 254 g/mol. The maximum atomic E-state index is 12.1. The van der Waals surface area contributed by atoms with E-state index in [0.29, 0.717) is 18.5 Å². The fourth-order valence-electron chi connectivity index (χ4n) is 2.03. The first-order valence-electron chi connectivity index (χ1n) is 6.91. The second-order valence-electron chi connectivity index (χ2n) is 4.79. The molecule has 0 fully saturated rings. The lowest BCUT2D eigenvalue weighted by atomic mass is 9.81. The van der Waals surface area contributed by atoms with Crippen LogP contribution < -0.4 is 16.4 Å². The summed E-state index contributed by atoms with van der Waals surface area (Å²) in [6, 6.07) is 9.13. The Morgan fingerprint density at radius 1 is 1.15 bits per heavy atom. The molecule has 1 aromatic carbocycles. The van der Waals surface area contributed by atoms with Crippen LogP contribution in [0.5, 0.6) is 0 Å². The van der Waals surface area contributed by atoms with Crippen LogP contribution in [0.1, 0.15) is 26.7 Å². The Hall–Kier alpha value is -1.88. The molecule has 5 heteroatoms. The van der Waals surface area contributed by atoms with Gasteiger partial charge in [-0.3, -0.25) is 9.59 Å². The number of anilines is 1. The summed E-state index contributed by atoms with van der Waals surface area (Å²) in [5.74, 6) is -0.407. The third kappa shape index (κ3) is 4.06. The third-order valence-corrected chi connectivity index (χ3v) is 3.69. The number of para-hydroxylation sites is 1. The van der Waals surface area contributed by atoms with Crippen LogP contribution in [0, 0.1) is 5.41 Å². The zero-order valence-corrected chi connectivity index (χ0v) is 12.1. The maximum Gasteiger partial charge on any atom is 0.243 e. The molecule has 0 saturated carbocycles. The summed E-state index contributed by atoms with van der Waals surface area (Å²) in [5, 5.41) is 5.38. The Kier molecular flexibility index (Phi) is 6.18. The van der Waals surface area contributed by atoms with E-state index in [1.165, 1.54) is 0 Å². The van der Waals surface area contributed by atoms with Crippen molar-refractivity contribution in [2.75, 3.05) is 18.4 Å². The highest BCUT2D eigenvalue weighted by atomic mass is 16.2. The minimum Gasteiger partial charge on any atom is -0.347 e. The lowest BCUT2D eigenvalue weighted by Crippen LogP contribution is -2.47. The Morgan fingerprint density at radius 2 is 1.75 bits per heavy atom. The third-order valence-electron chi connectivity index (χ3n) is 3.69. The first-order chi connectivity index (χ1) is 9.57. The smallest absolute Gasteiger partial charge is 0.243 e. The van der Waals surface area contributed by atoms with E-state index in [2.05, 4.69) is 10.6 Å². The number of carbonyl (C=O) groups is 2. The van der Waals surface area contributed by atoms with Crippen LogP contribution in [0.3, 0.4) is 0 Å². The van der Waals surface area contributed by atoms with Gasteiger partial charge in [0.1, 0.15) is 0 Å². The van der Waals surface area contributed by atoms with Crippen molar-refractivity contribution < 1.29 is 9.59 Å². The second-order valence-corrected chi connectivity index (χ2v) is 4.79. The van der Waals surface area contributed by atoms with E-state index in [4.69, 9.17) is 5.73 Å². The fraction of sp³-hybridized carbons (Fsp3) is 0.467. The molecule has 0 spiro atoms. The van der Waals surface area contributed by atoms with Gasteiger partial charge < -0.3 is 16.4 Å². The van der Waals surface area contributed by atoms with Gasteiger partial charge in [0.05, 0.1) is 12.0 Å². The summed E-state index contributed by atoms with van der Waals surface area (Å²) >= 11 is 0. The Morgan fingerprint density at radius 3 is 2.25 bits per heavy atom. The summed E-state index contributed by atoms with van der Waals surface area (Å²) < 4.78 is 0. The van der Waals surface area contributed by atoms with Crippen LogP contribution in [0.2, 0.25) is 0 Å². The van der Waals surface area contributed by atoms with E-state index >= 15 is 0 Å². The molecule has 1 rings (SSSR count). The average molecular weight is 277 g/mol. The highest BCUT2D eigenvalue weighted by Gasteiger charge is 2.33. The van der Waals surface area contributed by atoms with Crippen molar-refractivity contribution in [2.45, 2.75) is 26.7 Å². The van der Waals surface area contributed by atoms with E-state index in [9.17, 15) is 9.59 Å². The standard InChI is InChI=1S/C15H23N3O2/c1-3-15(4-2,11-16)14(20)17-10-13(19)18-12-8-6-5-7-9-12/h5-9H,3-4,10-11,16H2,1-2H3,(H,17,20)(H,18,19). The largest absolute Gasteiger partial charge is 0.347 e. The molecule has 0 aliphatic carbocycles. The summed E-state index contributed by atoms with van der Waals surface area (Å²) in [6.45, 7) is 4.10. The molecule has 0 aliphatic heterocycles. The predicted molar refractivity (Wildman–Crippen MR) is 80.2 cm³/mol. The second kappa shape index (κ2) is 7.65. The minimum atomic E-state index is -0.576. The summed E-state index contributed by atoms with van der Waals surface area (Å²) in [7, 11) is 0. The topological polar surface area (TPSA) is 84.2 Å². The van der Waals surface area contributed by atoms with Crippen LogP contribution in [0.4, 0.5) is 5.69 Å². The Bertz CT molecular complexity index is 433. The highest BCUT2D eigenvalue weighted by molar-refractivity contribution is 5.95. The molecule has 0 atom stereocenters. The van der Waals surface area contributed by atoms with Crippen molar-refractivity contribution in [3.05, 3.63) is 30.3 Å². The van der Waals surface area contributed by atoms with Gasteiger partial charge >= 0.3 is 0 Å². The van der Waals surface area contributed by atoms with Crippen LogP contribution in [0.15, 0.2) is 30.3 Å². The zero-order chi connectivity index (χ0) is 15.0. The van der Waals surface area contributed by atoms with Gasteiger partial charge in [-0.2, -0.15) is 0 Å². The molecule has 0 unspecified atom stereocenters. The van der Waals surface area contributed by atoms with Crippen LogP contribution in [0.25, 0.3) is 0 Å². The van der Waals surface area contributed by atoms with Gasteiger partial charge in [-0.1, -0.05) is 32.0 Å². The van der Waals surface area contributed by atoms with Gasteiger partial charge in [0.15, 0.2) is 0 Å². The monoisotopic (exact) mass is 277 g/mol. The molecule has 2 amide bonds. The first-order valence-corrected chi connectivity index (χ1v) is 6.91. The summed E-state index contributed by atoms with van der Waals surface area (Å²) in [5.41, 5.74) is 5.83. The van der Waals surface area contributed by atoms with Gasteiger partial charge in [0.25, 0.3) is 0 Å². The van der Waals surface area contributed by atoms with Crippen molar-refractivity contribution in [3.63, 3.8) is 0 Å². The molecule has 0 bridgehead atoms. The van der Waals surface area contributed by atoms with Gasteiger partial charge in [-0.05, 0) is 25.0 Å². The fourth-order valence-corrected chi connectivity index (χ4v) is 2.03. The minimum absolute atomic E-state index is 0.0462. The van der Waals surface area contributed by atoms with Crippen molar-refractivity contribution >= 4 is 17.5 Å². The van der Waals surface area contributed by atoms with E-state index in [1.54, 1.807) is 12.1 Å². The highest BCUT2D eigenvalue weighted by Crippen LogP contribution is 2.24. The van der Waals surface area contributed by atoms with Crippen molar-refractivity contribution in [2.24, 2.45) is 11.1 Å². The van der Waals surface area contributed by atoms with Crippen molar-refractivity contribution in [3.8, 4) is 0 Å². The van der Waals surface area contributed by atoms with E-state index in [0.717, 1.165) is 0 Å². The molecule has 20 heavy (non-hydrogen) atoms. The SMILES string of the molecule is CCC(CC)(CN)C(=O)NCC(=O)Nc1ccccc1. The number of nitrogens with one attached hydrogen (secondary N) is 2. The number of rotatable bonds is 7. The predicted octanol–water partition coefficient (Wildman–Crippen LogP) is 1.51. The van der Waals surface area contributed by atoms with E-state index < -0.39 is 5.41 Å². The average Bonchev–Trinajstić information content (AvgIpc) is 2.48. The number of amides is 2. The first kappa shape index (κ1) is 16.2. The quantitative estimate of drug-likeness (QED) is 0.706. The van der Waals surface area contributed by atoms with Crippen LogP contribution in [-0.2, 0) is 9.59 Å². The normalized spacial score (nSPS) is 10.9. The molecule has 4 N–H and O–H groups in total. The molecule has 0 aromatic heterocycles. The van der Waals surface area contributed by atoms with Crippen molar-refractivity contribution in [1.29, 1.82) is 0 Å². The lowest BCUT2D eigenvalue weighted by Gasteiger charge is -2.28. The van der Waals surface area contributed by atoms with E-state index in [-0.39, 0.29) is 24.9 Å². The van der Waals surface area contributed by atoms with Crippen LogP contribution in [-0.4, -0.2) is 24.9 Å². The van der Waals surface area contributed by atoms with Gasteiger partial charge in [-0.15, -0.1) is 0 Å². The Balaban J connectivity index is 2.50. The van der Waals surface area contributed by atoms with E-state index in [1.807, 2.05) is 32.0 Å². The number of benzene rings is 1. The molecule has 0 saturated heterocycles. The Labute approximate surface area is 119 Å². The van der Waals surface area contributed by atoms with Crippen molar-refractivity contribution in [1.82, 2.24) is 5.32 Å². The molecule has 0 radical (unpaired) electrons. The zero-order valence-electron chi connectivity index (χ0n) is 12.1. The number of hydrogen-bond donors (Lipinski definition) is 3. The summed E-state index contributed by atoms with van der Waals surface area (Å²) in [6.07, 6.45) is 1.32. The number of carbonyl (C=O) groups excluding carboxylic acids is 2. The molecule has 1 aromatic rings. The molecular formula is C15H23N3O2. The van der Waals surface area contributed by atoms with Crippen LogP contribution >= 0.6 is 0 Å². The molecule has 0 aliphatic rings. The summed E-state index contributed by atoms with van der Waals surface area (Å²) in [4.78, 5) is 23.9.